The van der Waals surface area contributed by atoms with Crippen LogP contribution in [-0.4, -0.2) is 11.3 Å². The summed E-state index contributed by atoms with van der Waals surface area (Å²) in [6, 6.07) is 63.1. The van der Waals surface area contributed by atoms with Gasteiger partial charge in [-0.15, -0.1) is 0 Å². The first kappa shape index (κ1) is 56.9. The highest BCUT2D eigenvalue weighted by Crippen LogP contribution is 2.50. The average molecular weight is 1290 g/mol. The second-order valence-electron chi connectivity index (χ2n) is 35.2. The topological polar surface area (TPSA) is 11.4 Å². The van der Waals surface area contributed by atoms with Gasteiger partial charge in [-0.2, -0.15) is 0 Å². The van der Waals surface area contributed by atoms with Crippen LogP contribution in [-0.2, 0) is 37.9 Å². The molecule has 98 heavy (non-hydrogen) atoms. The Balaban J connectivity index is 1.14. The van der Waals surface area contributed by atoms with Gasteiger partial charge in [-0.25, -0.2) is 0 Å². The fourth-order valence-electron chi connectivity index (χ4n) is 14.5. The highest BCUT2D eigenvalue weighted by Gasteiger charge is 2.45. The molecule has 0 fully saturated rings. The number of fused-ring (bicyclic) bond motifs is 7. The van der Waals surface area contributed by atoms with Gasteiger partial charge in [-0.05, 0) is 204 Å². The number of anilines is 6. The minimum absolute atomic E-state index is 0.0277. The first-order chi connectivity index (χ1) is 49.3. The van der Waals surface area contributed by atoms with Crippen LogP contribution in [0.4, 0.5) is 34.1 Å². The SMILES string of the molecule is [2H]c1c([2H])c([2H])c2c(c1[2H])c1c([2H])c([2H])c([2H])c([2H])c1n2-c1ccc2c(c1)N(c1cccc(-c3cc(C(C)(C)C)cc(C(C)(C)C)c3)c1)c1cc(-c3ccc(C(C)(C)C)cc3)cc3c1B2c1ccc(-c2cc(C(C)(C)C)cc(C(C)(C)C)c2)cc1N3c1cccc(-c2cc(C(C)(C)C)cc(C(C)(C)C)c2)c1. The minimum Gasteiger partial charge on any atom is -0.311 e. The van der Waals surface area contributed by atoms with Crippen LogP contribution in [0.15, 0.2) is 224 Å². The molecule has 0 saturated heterocycles. The van der Waals surface area contributed by atoms with Crippen molar-refractivity contribution in [3.8, 4) is 50.2 Å². The molecule has 11 aromatic carbocycles. The van der Waals surface area contributed by atoms with E-state index in [1.54, 1.807) is 4.57 Å². The molecule has 494 valence electrons. The highest BCUT2D eigenvalue weighted by atomic mass is 15.2. The van der Waals surface area contributed by atoms with E-state index in [1.165, 1.54) is 38.9 Å². The van der Waals surface area contributed by atoms with Crippen LogP contribution in [0.2, 0.25) is 0 Å². The second kappa shape index (κ2) is 23.3. The van der Waals surface area contributed by atoms with Crippen molar-refractivity contribution in [3.05, 3.63) is 263 Å². The van der Waals surface area contributed by atoms with Crippen LogP contribution in [0.5, 0.6) is 0 Å². The average Bonchev–Trinajstić information content (AvgIpc) is 0.722. The van der Waals surface area contributed by atoms with Crippen molar-refractivity contribution in [2.75, 3.05) is 9.80 Å². The normalized spacial score (nSPS) is 14.8. The lowest BCUT2D eigenvalue weighted by Gasteiger charge is -2.45. The van der Waals surface area contributed by atoms with Crippen molar-refractivity contribution in [1.29, 1.82) is 0 Å². The van der Waals surface area contributed by atoms with E-state index in [0.717, 1.165) is 95.0 Å². The molecule has 0 aliphatic carbocycles. The van der Waals surface area contributed by atoms with Crippen LogP contribution in [0.3, 0.4) is 0 Å². The van der Waals surface area contributed by atoms with Gasteiger partial charge in [-0.1, -0.05) is 303 Å². The lowest BCUT2D eigenvalue weighted by molar-refractivity contribution is 0.568. The first-order valence-corrected chi connectivity index (χ1v) is 35.2. The zero-order valence-corrected chi connectivity index (χ0v) is 61.7. The summed E-state index contributed by atoms with van der Waals surface area (Å²) in [5.74, 6) is 0. The Kier molecular flexibility index (Phi) is 13.5. The Labute approximate surface area is 598 Å². The maximum atomic E-state index is 9.74. The summed E-state index contributed by atoms with van der Waals surface area (Å²) in [5, 5.41) is 0.0553. The Hall–Kier alpha value is -9.12. The van der Waals surface area contributed by atoms with E-state index >= 15 is 0 Å². The van der Waals surface area contributed by atoms with E-state index in [-0.39, 0.29) is 83.9 Å². The lowest BCUT2D eigenvalue weighted by atomic mass is 9.33. The number of rotatable bonds is 7. The molecule has 2 aliphatic rings. The second-order valence-corrected chi connectivity index (χ2v) is 35.2. The van der Waals surface area contributed by atoms with E-state index in [9.17, 15) is 8.22 Å². The summed E-state index contributed by atoms with van der Waals surface area (Å²) in [6.07, 6.45) is 0. The van der Waals surface area contributed by atoms with E-state index in [0.29, 0.717) is 5.69 Å². The molecule has 0 amide bonds. The first-order valence-electron chi connectivity index (χ1n) is 39.2. The summed E-state index contributed by atoms with van der Waals surface area (Å²) in [5.41, 5.74) is 25.7. The Morgan fingerprint density at radius 3 is 0.980 bits per heavy atom. The molecule has 0 bridgehead atoms. The molecule has 0 unspecified atom stereocenters. The van der Waals surface area contributed by atoms with Crippen LogP contribution < -0.4 is 26.2 Å². The molecule has 0 atom stereocenters. The molecule has 3 nitrogen and oxygen atoms in total. The van der Waals surface area contributed by atoms with Crippen molar-refractivity contribution < 1.29 is 11.0 Å². The Morgan fingerprint density at radius 1 is 0.265 bits per heavy atom. The summed E-state index contributed by atoms with van der Waals surface area (Å²) in [7, 11) is 0. The summed E-state index contributed by atoms with van der Waals surface area (Å²) in [6.45, 7) is 47.5. The van der Waals surface area contributed by atoms with Gasteiger partial charge in [0, 0.05) is 50.6 Å². The van der Waals surface area contributed by atoms with Crippen molar-refractivity contribution in [1.82, 2.24) is 4.57 Å². The molecule has 0 radical (unpaired) electrons. The van der Waals surface area contributed by atoms with Gasteiger partial charge < -0.3 is 14.4 Å². The van der Waals surface area contributed by atoms with Crippen molar-refractivity contribution >= 4 is 79.0 Å². The van der Waals surface area contributed by atoms with Gasteiger partial charge in [0.15, 0.2) is 0 Å². The fourth-order valence-corrected chi connectivity index (χ4v) is 14.5. The third-order valence-corrected chi connectivity index (χ3v) is 20.6. The minimum atomic E-state index is -0.486. The summed E-state index contributed by atoms with van der Waals surface area (Å²) in [4.78, 5) is 4.91. The molecule has 1 aromatic heterocycles. The molecular formula is C94H100BN3. The predicted molar refractivity (Wildman–Crippen MR) is 427 cm³/mol. The van der Waals surface area contributed by atoms with Crippen molar-refractivity contribution in [3.63, 3.8) is 0 Å². The quantitative estimate of drug-likeness (QED) is 0.147. The number of benzene rings is 11. The molecule has 12 aromatic rings. The van der Waals surface area contributed by atoms with Crippen LogP contribution in [0.1, 0.15) is 195 Å². The van der Waals surface area contributed by atoms with Crippen LogP contribution in [0, 0.1) is 0 Å². The number of hydrogen-bond acceptors (Lipinski definition) is 2. The smallest absolute Gasteiger partial charge is 0.252 e. The third-order valence-electron chi connectivity index (χ3n) is 20.6. The Bertz CT molecular complexity index is 5460. The van der Waals surface area contributed by atoms with Crippen molar-refractivity contribution in [2.45, 2.75) is 183 Å². The summed E-state index contributed by atoms with van der Waals surface area (Å²) < 4.78 is 76.5. The Morgan fingerprint density at radius 2 is 0.592 bits per heavy atom. The zero-order chi connectivity index (χ0) is 76.7. The van der Waals surface area contributed by atoms with Gasteiger partial charge in [0.2, 0.25) is 0 Å². The number of aromatic nitrogens is 1. The summed E-state index contributed by atoms with van der Waals surface area (Å²) >= 11 is 0. The maximum absolute atomic E-state index is 9.74. The molecule has 0 spiro atoms. The van der Waals surface area contributed by atoms with E-state index in [2.05, 4.69) is 325 Å². The highest BCUT2D eigenvalue weighted by molar-refractivity contribution is 7.00. The van der Waals surface area contributed by atoms with Crippen LogP contribution >= 0.6 is 0 Å². The van der Waals surface area contributed by atoms with Crippen LogP contribution in [0.25, 0.3) is 72.0 Å². The maximum Gasteiger partial charge on any atom is 0.252 e. The third kappa shape index (κ3) is 12.0. The lowest BCUT2D eigenvalue weighted by Crippen LogP contribution is -2.61. The number of nitrogens with zero attached hydrogens (tertiary/aromatic N) is 3. The van der Waals surface area contributed by atoms with Crippen molar-refractivity contribution in [2.24, 2.45) is 0 Å². The number of hydrogen-bond donors (Lipinski definition) is 0. The molecule has 3 heterocycles. The largest absolute Gasteiger partial charge is 0.311 e. The van der Waals surface area contributed by atoms with Gasteiger partial charge in [0.05, 0.1) is 22.0 Å². The molecule has 4 heteroatoms. The van der Waals surface area contributed by atoms with E-state index in [4.69, 9.17) is 2.74 Å². The standard InChI is InChI=1S/C94H100BN3/c1-88(2,3)67-39-36-59(37-40-67)66-53-85-87-86(54-66)98(75-31-27-29-61(51-75)64-46-70(91(10,11)12)56-71(47-64)92(13,14)15)84-58-76(96-81-34-24-22-32-77(81)78-33-23-25-35-82(78)96)41-43-80(84)95(87)79-42-38-62(65-48-72(93(16,17)18)57-73(49-65)94(19,20)21)52-83(79)97(85)74-30-26-28-60(50-74)63-44-68(89(4,5)6)55-69(45-63)90(7,8)9/h22-58H,1-21H3/i22D,23D,24D,25D,32D,33D,34D,35D. The van der Waals surface area contributed by atoms with Gasteiger partial charge in [0.25, 0.3) is 6.71 Å². The molecule has 2 aliphatic heterocycles. The van der Waals surface area contributed by atoms with Gasteiger partial charge in [-0.3, -0.25) is 0 Å². The number of para-hydroxylation sites is 2. The fraction of sp³-hybridized carbons (Fsp3) is 0.298. The molecule has 0 saturated carbocycles. The predicted octanol–water partition coefficient (Wildman–Crippen LogP) is 24.6. The monoisotopic (exact) mass is 1290 g/mol. The van der Waals surface area contributed by atoms with E-state index < -0.39 is 30.9 Å². The zero-order valence-electron chi connectivity index (χ0n) is 69.7. The van der Waals surface area contributed by atoms with Gasteiger partial charge in [0.1, 0.15) is 0 Å². The molecule has 14 rings (SSSR count). The van der Waals surface area contributed by atoms with E-state index in [1.807, 2.05) is 6.07 Å². The molecule has 0 N–H and O–H groups in total. The molecular weight excluding hydrogens is 1180 g/mol. The van der Waals surface area contributed by atoms with Gasteiger partial charge >= 0.3 is 0 Å².